The first-order valence-corrected chi connectivity index (χ1v) is 19.8. The Kier molecular flexibility index (Phi) is 6.79. The Bertz CT molecular complexity index is 3230. The third kappa shape index (κ3) is 4.74. The molecule has 0 bridgehead atoms. The van der Waals surface area contributed by atoms with Gasteiger partial charge in [-0.2, -0.15) is 0 Å². The molecular weight excluding hydrogens is 679 g/mol. The molecule has 2 aromatic heterocycles. The lowest BCUT2D eigenvalue weighted by molar-refractivity contribution is 1.32. The largest absolute Gasteiger partial charge is 0.308 e. The number of hydrogen-bond donors (Lipinski definition) is 0. The Balaban J connectivity index is 1.24. The maximum Gasteiger partial charge on any atom is 0.0647 e. The van der Waals surface area contributed by atoms with Gasteiger partial charge in [0.15, 0.2) is 0 Å². The van der Waals surface area contributed by atoms with Gasteiger partial charge >= 0.3 is 0 Å². The topological polar surface area (TPSA) is 3.24 Å². The fraction of sp³-hybridized carbons (Fsp3) is 0.0400. The van der Waals surface area contributed by atoms with Crippen LogP contribution < -0.4 is 4.90 Å². The first kappa shape index (κ1) is 30.6. The number of rotatable bonds is 4. The van der Waals surface area contributed by atoms with E-state index in [9.17, 15) is 0 Å². The molecule has 0 saturated carbocycles. The first-order valence-electron chi connectivity index (χ1n) is 18.2. The van der Waals surface area contributed by atoms with Gasteiger partial charge < -0.3 is 4.90 Å². The van der Waals surface area contributed by atoms with Gasteiger partial charge in [-0.3, -0.25) is 0 Å². The zero-order valence-electron chi connectivity index (χ0n) is 29.4. The van der Waals surface area contributed by atoms with Gasteiger partial charge in [-0.1, -0.05) is 145 Å². The highest BCUT2D eigenvalue weighted by Gasteiger charge is 2.24. The second-order valence-corrected chi connectivity index (χ2v) is 16.3. The van der Waals surface area contributed by atoms with Crippen molar-refractivity contribution in [1.82, 2.24) is 0 Å². The number of benzene rings is 9. The van der Waals surface area contributed by atoms with Crippen LogP contribution in [0.25, 0.3) is 83.8 Å². The minimum atomic E-state index is 1.15. The Labute approximate surface area is 315 Å². The van der Waals surface area contributed by atoms with Crippen LogP contribution in [-0.2, 0) is 0 Å². The molecular formula is C50H33NS2. The van der Waals surface area contributed by atoms with Gasteiger partial charge in [0.05, 0.1) is 20.8 Å². The van der Waals surface area contributed by atoms with Crippen molar-refractivity contribution in [2.75, 3.05) is 4.90 Å². The zero-order valence-corrected chi connectivity index (χ0v) is 31.0. The van der Waals surface area contributed by atoms with E-state index in [-0.39, 0.29) is 0 Å². The minimum Gasteiger partial charge on any atom is -0.308 e. The van der Waals surface area contributed by atoms with Crippen LogP contribution in [0.3, 0.4) is 0 Å². The molecule has 9 aromatic carbocycles. The number of fused-ring (bicyclic) bond motifs is 12. The van der Waals surface area contributed by atoms with E-state index in [2.05, 4.69) is 183 Å². The van der Waals surface area contributed by atoms with Gasteiger partial charge in [-0.05, 0) is 87.6 Å². The van der Waals surface area contributed by atoms with Crippen LogP contribution in [0, 0.1) is 13.8 Å². The average Bonchev–Trinajstić information content (AvgIpc) is 3.78. The van der Waals surface area contributed by atoms with E-state index in [1.54, 1.807) is 0 Å². The summed E-state index contributed by atoms with van der Waals surface area (Å²) in [4.78, 5) is 2.54. The lowest BCUT2D eigenvalue weighted by Crippen LogP contribution is -2.10. The molecule has 3 heteroatoms. The van der Waals surface area contributed by atoms with Crippen molar-refractivity contribution in [2.24, 2.45) is 0 Å². The van der Waals surface area contributed by atoms with Crippen molar-refractivity contribution < 1.29 is 0 Å². The number of thiophene rings is 2. The Hall–Kier alpha value is -6.00. The van der Waals surface area contributed by atoms with E-state index in [4.69, 9.17) is 0 Å². The minimum absolute atomic E-state index is 1.15. The Morgan fingerprint density at radius 1 is 0.377 bits per heavy atom. The van der Waals surface area contributed by atoms with Gasteiger partial charge in [-0.25, -0.2) is 0 Å². The van der Waals surface area contributed by atoms with Crippen LogP contribution in [0.4, 0.5) is 17.1 Å². The first-order chi connectivity index (χ1) is 26.1. The van der Waals surface area contributed by atoms with E-state index in [0.717, 1.165) is 5.69 Å². The molecule has 0 fully saturated rings. The number of anilines is 3. The van der Waals surface area contributed by atoms with E-state index >= 15 is 0 Å². The summed E-state index contributed by atoms with van der Waals surface area (Å²) in [5.74, 6) is 0. The highest BCUT2D eigenvalue weighted by molar-refractivity contribution is 7.27. The molecule has 11 rings (SSSR count). The van der Waals surface area contributed by atoms with Crippen LogP contribution in [0.15, 0.2) is 164 Å². The summed E-state index contributed by atoms with van der Waals surface area (Å²) < 4.78 is 5.25. The molecule has 2 heterocycles. The van der Waals surface area contributed by atoms with Gasteiger partial charge in [0, 0.05) is 36.6 Å². The number of hydrogen-bond acceptors (Lipinski definition) is 3. The van der Waals surface area contributed by atoms with Crippen LogP contribution in [0.5, 0.6) is 0 Å². The molecule has 11 aromatic rings. The summed E-state index contributed by atoms with van der Waals surface area (Å²) in [6.07, 6.45) is 0. The highest BCUT2D eigenvalue weighted by atomic mass is 32.1. The molecule has 0 saturated heterocycles. The van der Waals surface area contributed by atoms with Gasteiger partial charge in [0.1, 0.15) is 0 Å². The van der Waals surface area contributed by atoms with Crippen LogP contribution in [0.1, 0.15) is 11.1 Å². The van der Waals surface area contributed by atoms with Gasteiger partial charge in [0.25, 0.3) is 0 Å². The van der Waals surface area contributed by atoms with Crippen molar-refractivity contribution >= 4 is 112 Å². The van der Waals surface area contributed by atoms with Crippen molar-refractivity contribution in [1.29, 1.82) is 0 Å². The number of nitrogens with zero attached hydrogens (tertiary/aromatic N) is 1. The normalized spacial score (nSPS) is 12.0. The second kappa shape index (κ2) is 11.8. The molecule has 250 valence electrons. The molecule has 0 unspecified atom stereocenters. The molecule has 0 aliphatic heterocycles. The van der Waals surface area contributed by atoms with Gasteiger partial charge in [-0.15, -0.1) is 22.7 Å². The predicted molar refractivity (Wildman–Crippen MR) is 234 cm³/mol. The lowest BCUT2D eigenvalue weighted by atomic mass is 9.99. The molecule has 0 aliphatic rings. The molecule has 0 amide bonds. The Morgan fingerprint density at radius 3 is 1.77 bits per heavy atom. The van der Waals surface area contributed by atoms with Crippen LogP contribution >= 0.6 is 22.7 Å². The van der Waals surface area contributed by atoms with E-state index in [0.29, 0.717) is 0 Å². The summed E-state index contributed by atoms with van der Waals surface area (Å²) in [5.41, 5.74) is 8.60. The summed E-state index contributed by atoms with van der Waals surface area (Å²) in [6, 6.07) is 61.1. The van der Waals surface area contributed by atoms with Crippen LogP contribution in [-0.4, -0.2) is 0 Å². The quantitative estimate of drug-likeness (QED) is 0.176. The zero-order chi connectivity index (χ0) is 35.2. The maximum absolute atomic E-state index is 2.54. The monoisotopic (exact) mass is 711 g/mol. The molecule has 0 atom stereocenters. The van der Waals surface area contributed by atoms with Crippen molar-refractivity contribution in [3.05, 3.63) is 175 Å². The summed E-state index contributed by atoms with van der Waals surface area (Å²) in [6.45, 7) is 4.36. The van der Waals surface area contributed by atoms with Crippen molar-refractivity contribution in [2.45, 2.75) is 13.8 Å². The van der Waals surface area contributed by atoms with E-state index in [1.165, 1.54) is 106 Å². The molecule has 0 radical (unpaired) electrons. The summed E-state index contributed by atoms with van der Waals surface area (Å²) in [5, 5.41) is 13.0. The smallest absolute Gasteiger partial charge is 0.0647 e. The lowest BCUT2D eigenvalue weighted by Gasteiger charge is -2.27. The molecule has 0 aliphatic carbocycles. The maximum atomic E-state index is 2.54. The third-order valence-corrected chi connectivity index (χ3v) is 13.3. The highest BCUT2D eigenvalue weighted by Crippen LogP contribution is 2.52. The standard InChI is InChI=1S/C50H33NS2/c1-30-26-31(2)28-36(27-30)32-18-22-37(23-19-32)51(43-17-9-16-41-46-38-13-6-3-10-33(38)21-25-45(46)52-49(41)43)44-29-35-12-5-7-14-39(35)47-42-24-20-34-11-4-8-15-40(34)48(42)53-50(44)47/h3-29H,1-2H3. The average molecular weight is 712 g/mol. The van der Waals surface area contributed by atoms with E-state index < -0.39 is 0 Å². The SMILES string of the molecule is Cc1cc(C)cc(-c2ccc(N(c3cccc4c3sc3ccc5ccccc5c34)c3cc4ccccc4c4c3sc3c5ccccc5ccc34)cc2)c1. The molecule has 53 heavy (non-hydrogen) atoms. The number of aryl methyl sites for hydroxylation is 2. The second-order valence-electron chi connectivity index (χ2n) is 14.3. The van der Waals surface area contributed by atoms with Gasteiger partial charge in [0.2, 0.25) is 0 Å². The summed E-state index contributed by atoms with van der Waals surface area (Å²) >= 11 is 3.83. The van der Waals surface area contributed by atoms with Crippen molar-refractivity contribution in [3.8, 4) is 11.1 Å². The third-order valence-electron chi connectivity index (χ3n) is 10.9. The predicted octanol–water partition coefficient (Wildman–Crippen LogP) is 15.6. The van der Waals surface area contributed by atoms with Crippen molar-refractivity contribution in [3.63, 3.8) is 0 Å². The summed E-state index contributed by atoms with van der Waals surface area (Å²) in [7, 11) is 0. The fourth-order valence-corrected chi connectivity index (χ4v) is 11.2. The Morgan fingerprint density at radius 2 is 1.00 bits per heavy atom. The fourth-order valence-electron chi connectivity index (χ4n) is 8.58. The molecule has 0 N–H and O–H groups in total. The van der Waals surface area contributed by atoms with E-state index in [1.807, 2.05) is 22.7 Å². The molecule has 1 nitrogen and oxygen atoms in total. The molecule has 0 spiro atoms. The van der Waals surface area contributed by atoms with Crippen LogP contribution in [0.2, 0.25) is 0 Å².